The maximum Gasteiger partial charge on any atom is 0.494 e. The van der Waals surface area contributed by atoms with Crippen LogP contribution < -0.4 is 5.46 Å². The van der Waals surface area contributed by atoms with Crippen LogP contribution in [0.2, 0.25) is 0 Å². The smallest absolute Gasteiger partial charge is 0.404 e. The van der Waals surface area contributed by atoms with Crippen molar-refractivity contribution >= 4 is 12.6 Å². The molecule has 0 saturated carbocycles. The summed E-state index contributed by atoms with van der Waals surface area (Å²) in [6.07, 6.45) is 0.0430. The van der Waals surface area contributed by atoms with E-state index >= 15 is 0 Å². The molecule has 2 aromatic carbocycles. The van der Waals surface area contributed by atoms with Gasteiger partial charge in [0.1, 0.15) is 0 Å². The lowest BCUT2D eigenvalue weighted by atomic mass is 9.79. The van der Waals surface area contributed by atoms with Crippen molar-refractivity contribution in [3.63, 3.8) is 0 Å². The van der Waals surface area contributed by atoms with E-state index in [1.165, 1.54) is 5.56 Å². The van der Waals surface area contributed by atoms with E-state index in [0.717, 1.165) is 5.46 Å². The predicted octanol–water partition coefficient (Wildman–Crippen LogP) is 2.17. The second kappa shape index (κ2) is 4.74. The average Bonchev–Trinajstić information content (AvgIpc) is 2.90. The van der Waals surface area contributed by atoms with E-state index in [1.54, 1.807) is 0 Å². The Morgan fingerprint density at radius 1 is 0.882 bits per heavy atom. The molecule has 1 heterocycles. The number of rotatable bonds is 2. The Balaban J connectivity index is 1.75. The Hall–Kier alpha value is -1.58. The van der Waals surface area contributed by atoms with Crippen LogP contribution in [0.5, 0.6) is 0 Å². The molecule has 2 aromatic rings. The number of benzene rings is 2. The average molecular weight is 224 g/mol. The molecule has 1 saturated heterocycles. The molecule has 1 aliphatic rings. The molecule has 0 aromatic heterocycles. The van der Waals surface area contributed by atoms with Gasteiger partial charge < -0.3 is 9.31 Å². The van der Waals surface area contributed by atoms with Crippen LogP contribution in [0.15, 0.2) is 60.7 Å². The topological polar surface area (TPSA) is 18.5 Å². The summed E-state index contributed by atoms with van der Waals surface area (Å²) in [4.78, 5) is 0. The summed E-state index contributed by atoms with van der Waals surface area (Å²) in [5.74, 6) is 0. The zero-order valence-corrected chi connectivity index (χ0v) is 9.45. The molecular formula is C14H13BO2. The fraction of sp³-hybridized carbons (Fsp3) is 0.143. The minimum atomic E-state index is -0.235. The predicted molar refractivity (Wildman–Crippen MR) is 68.1 cm³/mol. The van der Waals surface area contributed by atoms with Crippen LogP contribution in [0.4, 0.5) is 0 Å². The molecule has 0 N–H and O–H groups in total. The summed E-state index contributed by atoms with van der Waals surface area (Å²) in [7, 11) is -0.235. The molecule has 1 fully saturated rings. The van der Waals surface area contributed by atoms with Gasteiger partial charge in [-0.25, -0.2) is 0 Å². The Kier molecular flexibility index (Phi) is 2.95. The molecule has 0 radical (unpaired) electrons. The van der Waals surface area contributed by atoms with E-state index in [1.807, 2.05) is 48.5 Å². The minimum Gasteiger partial charge on any atom is -0.404 e. The van der Waals surface area contributed by atoms with E-state index in [9.17, 15) is 0 Å². The third-order valence-electron chi connectivity index (χ3n) is 2.93. The van der Waals surface area contributed by atoms with Gasteiger partial charge in [-0.05, 0) is 11.0 Å². The highest BCUT2D eigenvalue weighted by atomic mass is 16.6. The molecule has 0 bridgehead atoms. The zero-order valence-electron chi connectivity index (χ0n) is 9.45. The molecule has 1 aliphatic heterocycles. The van der Waals surface area contributed by atoms with Crippen LogP contribution in [0, 0.1) is 0 Å². The van der Waals surface area contributed by atoms with Gasteiger partial charge in [0, 0.05) is 0 Å². The Labute approximate surface area is 101 Å². The van der Waals surface area contributed by atoms with Gasteiger partial charge in [0.25, 0.3) is 0 Å². The Morgan fingerprint density at radius 2 is 1.53 bits per heavy atom. The van der Waals surface area contributed by atoms with Crippen LogP contribution in [0.1, 0.15) is 11.7 Å². The lowest BCUT2D eigenvalue weighted by molar-refractivity contribution is 0.241. The van der Waals surface area contributed by atoms with Crippen LogP contribution in [-0.2, 0) is 9.31 Å². The molecule has 0 amide bonds. The van der Waals surface area contributed by atoms with E-state index < -0.39 is 0 Å². The van der Waals surface area contributed by atoms with E-state index in [-0.39, 0.29) is 13.2 Å². The van der Waals surface area contributed by atoms with Crippen LogP contribution in [-0.4, -0.2) is 13.7 Å². The third-order valence-corrected chi connectivity index (χ3v) is 2.93. The molecule has 2 nitrogen and oxygen atoms in total. The first-order valence-corrected chi connectivity index (χ1v) is 5.80. The first kappa shape index (κ1) is 10.6. The van der Waals surface area contributed by atoms with Gasteiger partial charge in [-0.15, -0.1) is 0 Å². The van der Waals surface area contributed by atoms with Crippen molar-refractivity contribution in [1.82, 2.24) is 0 Å². The van der Waals surface area contributed by atoms with E-state index in [0.29, 0.717) is 6.61 Å². The number of hydrogen-bond acceptors (Lipinski definition) is 2. The quantitative estimate of drug-likeness (QED) is 0.728. The first-order chi connectivity index (χ1) is 8.43. The summed E-state index contributed by atoms with van der Waals surface area (Å²) in [5, 5.41) is 0. The van der Waals surface area contributed by atoms with Crippen molar-refractivity contribution in [3.8, 4) is 0 Å². The molecule has 0 aliphatic carbocycles. The summed E-state index contributed by atoms with van der Waals surface area (Å²) >= 11 is 0. The molecule has 0 spiro atoms. The first-order valence-electron chi connectivity index (χ1n) is 5.80. The highest BCUT2D eigenvalue weighted by Crippen LogP contribution is 2.24. The lowest BCUT2D eigenvalue weighted by Crippen LogP contribution is -2.31. The van der Waals surface area contributed by atoms with Crippen molar-refractivity contribution in [2.45, 2.75) is 6.10 Å². The molecular weight excluding hydrogens is 211 g/mol. The second-order valence-corrected chi connectivity index (χ2v) is 4.11. The maximum atomic E-state index is 5.91. The zero-order chi connectivity index (χ0) is 11.5. The Morgan fingerprint density at radius 3 is 2.24 bits per heavy atom. The van der Waals surface area contributed by atoms with Gasteiger partial charge in [-0.3, -0.25) is 0 Å². The van der Waals surface area contributed by atoms with Crippen LogP contribution in [0.25, 0.3) is 0 Å². The summed E-state index contributed by atoms with van der Waals surface area (Å²) in [5.41, 5.74) is 2.25. The van der Waals surface area contributed by atoms with Crippen molar-refractivity contribution < 1.29 is 9.31 Å². The van der Waals surface area contributed by atoms with Gasteiger partial charge in [0.2, 0.25) is 0 Å². The van der Waals surface area contributed by atoms with Crippen molar-refractivity contribution in [1.29, 1.82) is 0 Å². The lowest BCUT2D eigenvalue weighted by Gasteiger charge is -2.09. The molecule has 3 heteroatoms. The van der Waals surface area contributed by atoms with Gasteiger partial charge in [0.15, 0.2) is 0 Å². The van der Waals surface area contributed by atoms with E-state index in [2.05, 4.69) is 12.1 Å². The SMILES string of the molecule is c1ccc(B2OC[C@H](c3ccccc3)O2)cc1. The molecule has 84 valence electrons. The van der Waals surface area contributed by atoms with Gasteiger partial charge >= 0.3 is 7.12 Å². The summed E-state index contributed by atoms with van der Waals surface area (Å²) in [6.45, 7) is 0.615. The second-order valence-electron chi connectivity index (χ2n) is 4.11. The van der Waals surface area contributed by atoms with Crippen molar-refractivity contribution in [2.75, 3.05) is 6.61 Å². The standard InChI is InChI=1S/C14H13BO2/c1-3-7-12(8-4-1)14-11-16-15(17-14)13-9-5-2-6-10-13/h1-10,14H,11H2/t14-/m1/s1. The minimum absolute atomic E-state index is 0.0430. The summed E-state index contributed by atoms with van der Waals surface area (Å²) in [6, 6.07) is 20.2. The molecule has 3 rings (SSSR count). The van der Waals surface area contributed by atoms with Crippen molar-refractivity contribution in [3.05, 3.63) is 66.2 Å². The monoisotopic (exact) mass is 224 g/mol. The fourth-order valence-electron chi connectivity index (χ4n) is 2.03. The number of hydrogen-bond donors (Lipinski definition) is 0. The van der Waals surface area contributed by atoms with Crippen molar-refractivity contribution in [2.24, 2.45) is 0 Å². The highest BCUT2D eigenvalue weighted by Gasteiger charge is 2.33. The van der Waals surface area contributed by atoms with Crippen LogP contribution >= 0.6 is 0 Å². The van der Waals surface area contributed by atoms with Crippen LogP contribution in [0.3, 0.4) is 0 Å². The maximum absolute atomic E-state index is 5.91. The molecule has 1 atom stereocenters. The largest absolute Gasteiger partial charge is 0.494 e. The highest BCUT2D eigenvalue weighted by molar-refractivity contribution is 6.61. The van der Waals surface area contributed by atoms with Gasteiger partial charge in [-0.1, -0.05) is 60.7 Å². The van der Waals surface area contributed by atoms with Gasteiger partial charge in [-0.2, -0.15) is 0 Å². The normalized spacial score (nSPS) is 19.5. The molecule has 17 heavy (non-hydrogen) atoms. The fourth-order valence-corrected chi connectivity index (χ4v) is 2.03. The third kappa shape index (κ3) is 2.26. The summed E-state index contributed by atoms with van der Waals surface area (Å²) < 4.78 is 11.6. The molecule has 0 unspecified atom stereocenters. The van der Waals surface area contributed by atoms with Gasteiger partial charge in [0.05, 0.1) is 12.7 Å². The van der Waals surface area contributed by atoms with E-state index in [4.69, 9.17) is 9.31 Å². The Bertz CT molecular complexity index is 427.